The molecule has 0 unspecified atom stereocenters. The van der Waals surface area contributed by atoms with Crippen molar-refractivity contribution in [3.05, 3.63) is 28.2 Å². The fourth-order valence-electron chi connectivity index (χ4n) is 0.997. The van der Waals surface area contributed by atoms with Gasteiger partial charge in [-0.2, -0.15) is 0 Å². The number of rotatable bonds is 4. The van der Waals surface area contributed by atoms with E-state index in [-0.39, 0.29) is 5.84 Å². The van der Waals surface area contributed by atoms with Crippen molar-refractivity contribution in [2.75, 3.05) is 5.75 Å². The van der Waals surface area contributed by atoms with Crippen molar-refractivity contribution in [3.63, 3.8) is 0 Å². The Hall–Kier alpha value is -0.480. The summed E-state index contributed by atoms with van der Waals surface area (Å²) in [7, 11) is 0. The summed E-state index contributed by atoms with van der Waals surface area (Å²) in [4.78, 5) is 1.21. The summed E-state index contributed by atoms with van der Waals surface area (Å²) in [6.07, 6.45) is 1.16. The normalized spacial score (nSPS) is 10.1. The van der Waals surface area contributed by atoms with E-state index in [0.717, 1.165) is 22.2 Å². The van der Waals surface area contributed by atoms with E-state index in [4.69, 9.17) is 11.1 Å². The third-order valence-electron chi connectivity index (χ3n) is 1.70. The van der Waals surface area contributed by atoms with E-state index in [1.165, 1.54) is 4.90 Å². The maximum absolute atomic E-state index is 7.29. The molecule has 0 saturated heterocycles. The lowest BCUT2D eigenvalue weighted by Gasteiger charge is -2.05. The van der Waals surface area contributed by atoms with Crippen LogP contribution >= 0.6 is 27.7 Å². The molecular weight excluding hydrogens is 260 g/mol. The van der Waals surface area contributed by atoms with Crippen molar-refractivity contribution in [1.29, 1.82) is 5.41 Å². The number of hydrogen-bond acceptors (Lipinski definition) is 2. The number of thioether (sulfide) groups is 1. The molecule has 0 aliphatic rings. The van der Waals surface area contributed by atoms with E-state index in [1.807, 2.05) is 30.0 Å². The minimum absolute atomic E-state index is 0.109. The minimum atomic E-state index is 0.109. The van der Waals surface area contributed by atoms with Gasteiger partial charge in [0, 0.05) is 14.9 Å². The zero-order chi connectivity index (χ0) is 10.6. The Morgan fingerprint density at radius 1 is 1.57 bits per heavy atom. The Kier molecular flexibility index (Phi) is 4.48. The Bertz CT molecular complexity index is 339. The van der Waals surface area contributed by atoms with Gasteiger partial charge in [0.05, 0.1) is 0 Å². The molecule has 0 amide bonds. The first kappa shape index (κ1) is 11.6. The van der Waals surface area contributed by atoms with Crippen molar-refractivity contribution in [3.8, 4) is 0 Å². The highest BCUT2D eigenvalue weighted by Crippen LogP contribution is 2.28. The predicted octanol–water partition coefficient (Wildman–Crippen LogP) is 3.24. The number of benzene rings is 1. The third-order valence-corrected chi connectivity index (χ3v) is 3.90. The third kappa shape index (κ3) is 3.03. The number of nitrogen functional groups attached to an aromatic ring is 1. The van der Waals surface area contributed by atoms with Crippen molar-refractivity contribution >= 4 is 33.5 Å². The van der Waals surface area contributed by atoms with Crippen LogP contribution in [0.1, 0.15) is 18.9 Å². The summed E-state index contributed by atoms with van der Waals surface area (Å²) in [6.45, 7) is 2.16. The molecule has 0 saturated carbocycles. The van der Waals surface area contributed by atoms with Gasteiger partial charge >= 0.3 is 0 Å². The average molecular weight is 273 g/mol. The molecule has 14 heavy (non-hydrogen) atoms. The lowest BCUT2D eigenvalue weighted by atomic mass is 10.2. The molecule has 1 aromatic carbocycles. The molecule has 0 aromatic heterocycles. The molecule has 0 heterocycles. The molecule has 0 radical (unpaired) electrons. The predicted molar refractivity (Wildman–Crippen MR) is 66.2 cm³/mol. The average Bonchev–Trinajstić information content (AvgIpc) is 2.15. The van der Waals surface area contributed by atoms with E-state index in [2.05, 4.69) is 22.9 Å². The van der Waals surface area contributed by atoms with Crippen LogP contribution in [0.5, 0.6) is 0 Å². The highest BCUT2D eigenvalue weighted by Gasteiger charge is 2.03. The van der Waals surface area contributed by atoms with Crippen molar-refractivity contribution in [2.45, 2.75) is 18.2 Å². The van der Waals surface area contributed by atoms with Crippen molar-refractivity contribution < 1.29 is 0 Å². The molecule has 1 aromatic rings. The molecule has 0 fully saturated rings. The topological polar surface area (TPSA) is 49.9 Å². The van der Waals surface area contributed by atoms with Gasteiger partial charge in [0.2, 0.25) is 0 Å². The summed E-state index contributed by atoms with van der Waals surface area (Å²) in [5, 5.41) is 7.29. The van der Waals surface area contributed by atoms with E-state index in [9.17, 15) is 0 Å². The highest BCUT2D eigenvalue weighted by molar-refractivity contribution is 9.10. The van der Waals surface area contributed by atoms with Gasteiger partial charge in [-0.15, -0.1) is 11.8 Å². The van der Waals surface area contributed by atoms with Crippen molar-refractivity contribution in [2.24, 2.45) is 5.73 Å². The van der Waals surface area contributed by atoms with Crippen LogP contribution in [0.3, 0.4) is 0 Å². The van der Waals surface area contributed by atoms with Gasteiger partial charge in [0.15, 0.2) is 0 Å². The number of halogens is 1. The summed E-state index contributed by atoms with van der Waals surface area (Å²) in [5.41, 5.74) is 6.15. The Morgan fingerprint density at radius 3 is 2.79 bits per heavy atom. The van der Waals surface area contributed by atoms with Gasteiger partial charge < -0.3 is 5.73 Å². The number of hydrogen-bond donors (Lipinski definition) is 2. The standard InChI is InChI=1S/C10H13BrN2S/c1-2-5-14-9-4-3-7(10(12)13)6-8(9)11/h3-4,6H,2,5H2,1H3,(H3,12,13). The molecule has 3 N–H and O–H groups in total. The van der Waals surface area contributed by atoms with Crippen LogP contribution in [0.4, 0.5) is 0 Å². The number of amidine groups is 1. The van der Waals surface area contributed by atoms with Crippen LogP contribution in [0, 0.1) is 5.41 Å². The van der Waals surface area contributed by atoms with Gasteiger partial charge in [-0.05, 0) is 40.2 Å². The molecule has 4 heteroatoms. The smallest absolute Gasteiger partial charge is 0.122 e. The highest BCUT2D eigenvalue weighted by atomic mass is 79.9. The molecule has 0 spiro atoms. The van der Waals surface area contributed by atoms with E-state index >= 15 is 0 Å². The maximum atomic E-state index is 7.29. The largest absolute Gasteiger partial charge is 0.384 e. The first-order valence-corrected chi connectivity index (χ1v) is 6.19. The molecule has 0 atom stereocenters. The zero-order valence-corrected chi connectivity index (χ0v) is 10.4. The van der Waals surface area contributed by atoms with Crippen LogP contribution in [0.25, 0.3) is 0 Å². The molecular formula is C10H13BrN2S. The molecule has 1 rings (SSSR count). The second kappa shape index (κ2) is 5.41. The monoisotopic (exact) mass is 272 g/mol. The first-order valence-electron chi connectivity index (χ1n) is 4.42. The van der Waals surface area contributed by atoms with Gasteiger partial charge in [-0.3, -0.25) is 5.41 Å². The molecule has 0 aliphatic heterocycles. The molecule has 76 valence electrons. The van der Waals surface area contributed by atoms with Crippen LogP contribution in [-0.4, -0.2) is 11.6 Å². The van der Waals surface area contributed by atoms with Gasteiger partial charge in [0.1, 0.15) is 5.84 Å². The number of nitrogens with one attached hydrogen (secondary N) is 1. The van der Waals surface area contributed by atoms with Gasteiger partial charge in [-0.25, -0.2) is 0 Å². The summed E-state index contributed by atoms with van der Waals surface area (Å²) < 4.78 is 1.02. The molecule has 2 nitrogen and oxygen atoms in total. The minimum Gasteiger partial charge on any atom is -0.384 e. The van der Waals surface area contributed by atoms with Crippen molar-refractivity contribution in [1.82, 2.24) is 0 Å². The van der Waals surface area contributed by atoms with Crippen LogP contribution in [-0.2, 0) is 0 Å². The zero-order valence-electron chi connectivity index (χ0n) is 8.01. The second-order valence-electron chi connectivity index (χ2n) is 2.91. The summed E-state index contributed by atoms with van der Waals surface area (Å²) >= 11 is 5.28. The Labute approximate surface area is 96.9 Å². The fourth-order valence-corrected chi connectivity index (χ4v) is 2.50. The first-order chi connectivity index (χ1) is 6.65. The maximum Gasteiger partial charge on any atom is 0.122 e. The summed E-state index contributed by atoms with van der Waals surface area (Å²) in [6, 6.07) is 5.77. The lowest BCUT2D eigenvalue weighted by molar-refractivity contribution is 1.10. The Morgan fingerprint density at radius 2 is 2.29 bits per heavy atom. The molecule has 0 aliphatic carbocycles. The van der Waals surface area contributed by atoms with E-state index in [1.54, 1.807) is 0 Å². The Balaban J connectivity index is 2.84. The lowest BCUT2D eigenvalue weighted by Crippen LogP contribution is -2.10. The van der Waals surface area contributed by atoms with Crippen LogP contribution in [0.15, 0.2) is 27.6 Å². The fraction of sp³-hybridized carbons (Fsp3) is 0.300. The van der Waals surface area contributed by atoms with Gasteiger partial charge in [0.25, 0.3) is 0 Å². The second-order valence-corrected chi connectivity index (χ2v) is 4.90. The SMILES string of the molecule is CCCSc1ccc(C(=N)N)cc1Br. The van der Waals surface area contributed by atoms with E-state index in [0.29, 0.717) is 0 Å². The van der Waals surface area contributed by atoms with E-state index < -0.39 is 0 Å². The van der Waals surface area contributed by atoms with Crippen LogP contribution < -0.4 is 5.73 Å². The molecule has 0 bridgehead atoms. The quantitative estimate of drug-likeness (QED) is 0.502. The number of nitrogens with two attached hydrogens (primary N) is 1. The van der Waals surface area contributed by atoms with Gasteiger partial charge in [-0.1, -0.05) is 13.0 Å². The van der Waals surface area contributed by atoms with Crippen LogP contribution in [0.2, 0.25) is 0 Å². The summed E-state index contributed by atoms with van der Waals surface area (Å²) in [5.74, 6) is 1.22.